The Hall–Kier alpha value is -1.32. The Morgan fingerprint density at radius 1 is 1.28 bits per heavy atom. The molecular weight excluding hydrogens is 224 g/mol. The van der Waals surface area contributed by atoms with Crippen LogP contribution in [-0.4, -0.2) is 23.6 Å². The number of fused-ring (bicyclic) bond motifs is 1. The molecule has 0 saturated carbocycles. The van der Waals surface area contributed by atoms with Crippen molar-refractivity contribution in [3.8, 4) is 0 Å². The zero-order chi connectivity index (χ0) is 13.1. The van der Waals surface area contributed by atoms with Gasteiger partial charge in [0.2, 0.25) is 5.95 Å². The molecule has 1 heterocycles. The van der Waals surface area contributed by atoms with Crippen molar-refractivity contribution in [2.45, 2.75) is 46.0 Å². The summed E-state index contributed by atoms with van der Waals surface area (Å²) >= 11 is 0. The molecule has 0 radical (unpaired) electrons. The van der Waals surface area contributed by atoms with Gasteiger partial charge in [0.1, 0.15) is 5.82 Å². The molecule has 0 spiro atoms. The average molecular weight is 248 g/mol. The number of nitrogens with one attached hydrogen (secondary N) is 2. The van der Waals surface area contributed by atoms with Crippen LogP contribution in [0.2, 0.25) is 0 Å². The zero-order valence-corrected chi connectivity index (χ0v) is 11.9. The molecule has 2 unspecified atom stereocenters. The molecule has 1 aromatic heterocycles. The van der Waals surface area contributed by atoms with Gasteiger partial charge in [-0.25, -0.2) is 4.98 Å². The number of aromatic nitrogens is 2. The molecule has 2 rings (SSSR count). The van der Waals surface area contributed by atoms with E-state index in [9.17, 15) is 0 Å². The second kappa shape index (κ2) is 5.55. The first-order chi connectivity index (χ1) is 8.67. The monoisotopic (exact) mass is 248 g/mol. The highest BCUT2D eigenvalue weighted by Crippen LogP contribution is 2.37. The minimum absolute atomic E-state index is 0.519. The van der Waals surface area contributed by atoms with Crippen LogP contribution in [0.4, 0.5) is 11.8 Å². The molecular formula is C14H24N4. The van der Waals surface area contributed by atoms with Crippen molar-refractivity contribution in [3.05, 3.63) is 11.3 Å². The van der Waals surface area contributed by atoms with Crippen LogP contribution in [0.5, 0.6) is 0 Å². The summed E-state index contributed by atoms with van der Waals surface area (Å²) < 4.78 is 0. The quantitative estimate of drug-likeness (QED) is 0.860. The van der Waals surface area contributed by atoms with Crippen molar-refractivity contribution in [1.29, 1.82) is 0 Å². The maximum absolute atomic E-state index is 4.73. The predicted octanol–water partition coefficient (Wildman–Crippen LogP) is 3.03. The summed E-state index contributed by atoms with van der Waals surface area (Å²) in [6.07, 6.45) is 3.40. The van der Waals surface area contributed by atoms with Crippen molar-refractivity contribution in [3.63, 3.8) is 0 Å². The van der Waals surface area contributed by atoms with Crippen molar-refractivity contribution in [2.75, 3.05) is 24.2 Å². The Balaban J connectivity index is 2.38. The van der Waals surface area contributed by atoms with Crippen molar-refractivity contribution >= 4 is 11.8 Å². The van der Waals surface area contributed by atoms with Crippen molar-refractivity contribution < 1.29 is 0 Å². The normalized spacial score (nSPS) is 22.4. The van der Waals surface area contributed by atoms with Gasteiger partial charge < -0.3 is 10.6 Å². The number of anilines is 2. The highest BCUT2D eigenvalue weighted by Gasteiger charge is 2.27. The first-order valence-corrected chi connectivity index (χ1v) is 6.99. The second-order valence-corrected chi connectivity index (χ2v) is 5.24. The minimum atomic E-state index is 0.519. The lowest BCUT2D eigenvalue weighted by molar-refractivity contribution is 0.416. The van der Waals surface area contributed by atoms with Crippen LogP contribution in [0.15, 0.2) is 0 Å². The fraction of sp³-hybridized carbons (Fsp3) is 0.714. The largest absolute Gasteiger partial charge is 0.373 e. The van der Waals surface area contributed by atoms with E-state index in [0.717, 1.165) is 31.2 Å². The summed E-state index contributed by atoms with van der Waals surface area (Å²) in [5.41, 5.74) is 2.54. The summed E-state index contributed by atoms with van der Waals surface area (Å²) in [7, 11) is 1.94. The van der Waals surface area contributed by atoms with E-state index in [4.69, 9.17) is 4.98 Å². The molecule has 2 N–H and O–H groups in total. The standard InChI is InChI=1S/C14H24N4/c1-5-8-16-14-17-12-10(3)9(2)6-7-11(12)13(15-4)18-14/h9-10H,5-8H2,1-4H3,(H2,15,16,17,18). The van der Waals surface area contributed by atoms with Gasteiger partial charge >= 0.3 is 0 Å². The Morgan fingerprint density at radius 2 is 2.06 bits per heavy atom. The number of hydrogen-bond donors (Lipinski definition) is 2. The van der Waals surface area contributed by atoms with Gasteiger partial charge in [0, 0.05) is 25.1 Å². The lowest BCUT2D eigenvalue weighted by atomic mass is 9.80. The molecule has 0 aliphatic heterocycles. The predicted molar refractivity (Wildman–Crippen MR) is 76.3 cm³/mol. The summed E-state index contributed by atoms with van der Waals surface area (Å²) in [4.78, 5) is 9.30. The van der Waals surface area contributed by atoms with Crippen LogP contribution in [0, 0.1) is 5.92 Å². The first kappa shape index (κ1) is 13.1. The van der Waals surface area contributed by atoms with Crippen LogP contribution in [0.3, 0.4) is 0 Å². The zero-order valence-electron chi connectivity index (χ0n) is 11.9. The molecule has 2 atom stereocenters. The molecule has 0 amide bonds. The highest BCUT2D eigenvalue weighted by atomic mass is 15.1. The van der Waals surface area contributed by atoms with Gasteiger partial charge in [0.25, 0.3) is 0 Å². The molecule has 0 aromatic carbocycles. The van der Waals surface area contributed by atoms with Crippen molar-refractivity contribution in [1.82, 2.24) is 9.97 Å². The van der Waals surface area contributed by atoms with E-state index in [0.29, 0.717) is 11.8 Å². The lowest BCUT2D eigenvalue weighted by Crippen LogP contribution is -2.21. The Morgan fingerprint density at radius 3 is 2.72 bits per heavy atom. The Kier molecular flexibility index (Phi) is 4.04. The summed E-state index contributed by atoms with van der Waals surface area (Å²) in [5.74, 6) is 2.99. The molecule has 1 aliphatic rings. The number of nitrogens with zero attached hydrogens (tertiary/aromatic N) is 2. The van der Waals surface area contributed by atoms with E-state index in [-0.39, 0.29) is 0 Å². The van der Waals surface area contributed by atoms with E-state index in [1.54, 1.807) is 0 Å². The van der Waals surface area contributed by atoms with Crippen LogP contribution in [0.25, 0.3) is 0 Å². The summed E-state index contributed by atoms with van der Waals surface area (Å²) in [5, 5.41) is 6.51. The van der Waals surface area contributed by atoms with Gasteiger partial charge in [-0.1, -0.05) is 20.8 Å². The van der Waals surface area contributed by atoms with Gasteiger partial charge in [-0.2, -0.15) is 4.98 Å². The summed E-state index contributed by atoms with van der Waals surface area (Å²) in [6, 6.07) is 0. The van der Waals surface area contributed by atoms with Crippen LogP contribution in [-0.2, 0) is 6.42 Å². The third-order valence-electron chi connectivity index (χ3n) is 3.94. The van der Waals surface area contributed by atoms with E-state index < -0.39 is 0 Å². The highest BCUT2D eigenvalue weighted by molar-refractivity contribution is 5.52. The molecule has 100 valence electrons. The molecule has 18 heavy (non-hydrogen) atoms. The first-order valence-electron chi connectivity index (χ1n) is 6.99. The topological polar surface area (TPSA) is 49.8 Å². The molecule has 4 heteroatoms. The Bertz CT molecular complexity index is 417. The third-order valence-corrected chi connectivity index (χ3v) is 3.94. The molecule has 0 saturated heterocycles. The Labute approximate surface area is 110 Å². The molecule has 0 fully saturated rings. The van der Waals surface area contributed by atoms with Crippen LogP contribution >= 0.6 is 0 Å². The van der Waals surface area contributed by atoms with Gasteiger partial charge in [-0.3, -0.25) is 0 Å². The maximum atomic E-state index is 4.73. The third kappa shape index (κ3) is 2.42. The van der Waals surface area contributed by atoms with Crippen LogP contribution in [0.1, 0.15) is 50.8 Å². The number of hydrogen-bond acceptors (Lipinski definition) is 4. The average Bonchev–Trinajstić information content (AvgIpc) is 2.40. The molecule has 4 nitrogen and oxygen atoms in total. The fourth-order valence-corrected chi connectivity index (χ4v) is 2.54. The molecule has 1 aromatic rings. The van der Waals surface area contributed by atoms with E-state index in [2.05, 4.69) is 36.4 Å². The fourth-order valence-electron chi connectivity index (χ4n) is 2.54. The lowest BCUT2D eigenvalue weighted by Gasteiger charge is -2.29. The number of rotatable bonds is 4. The summed E-state index contributed by atoms with van der Waals surface area (Å²) in [6.45, 7) is 7.66. The maximum Gasteiger partial charge on any atom is 0.224 e. The van der Waals surface area contributed by atoms with Gasteiger partial charge in [-0.05, 0) is 25.2 Å². The van der Waals surface area contributed by atoms with E-state index in [1.807, 2.05) is 7.05 Å². The van der Waals surface area contributed by atoms with Gasteiger partial charge in [-0.15, -0.1) is 0 Å². The van der Waals surface area contributed by atoms with E-state index in [1.165, 1.54) is 17.7 Å². The van der Waals surface area contributed by atoms with Gasteiger partial charge in [0.05, 0.1) is 5.69 Å². The van der Waals surface area contributed by atoms with Gasteiger partial charge in [0.15, 0.2) is 0 Å². The molecule has 0 bridgehead atoms. The SMILES string of the molecule is CCCNc1nc(NC)c2c(n1)C(C)C(C)CC2. The van der Waals surface area contributed by atoms with Crippen molar-refractivity contribution in [2.24, 2.45) is 5.92 Å². The molecule has 1 aliphatic carbocycles. The van der Waals surface area contributed by atoms with E-state index >= 15 is 0 Å². The smallest absolute Gasteiger partial charge is 0.224 e. The second-order valence-electron chi connectivity index (χ2n) is 5.24. The van der Waals surface area contributed by atoms with Crippen LogP contribution < -0.4 is 10.6 Å². The minimum Gasteiger partial charge on any atom is -0.373 e.